The molecule has 0 spiro atoms. The zero-order valence-corrected chi connectivity index (χ0v) is 13.9. The Bertz CT molecular complexity index is 612. The quantitative estimate of drug-likeness (QED) is 0.900. The fourth-order valence-electron chi connectivity index (χ4n) is 2.14. The molecule has 1 aromatic carbocycles. The van der Waals surface area contributed by atoms with Gasteiger partial charge in [-0.3, -0.25) is 4.68 Å². The first kappa shape index (κ1) is 15.4. The van der Waals surface area contributed by atoms with Crippen molar-refractivity contribution in [3.63, 3.8) is 0 Å². The van der Waals surface area contributed by atoms with Gasteiger partial charge in [0.2, 0.25) is 0 Å². The minimum absolute atomic E-state index is 0.223. The monoisotopic (exact) mass is 357 g/mol. The Labute approximate surface area is 132 Å². The van der Waals surface area contributed by atoms with Gasteiger partial charge < -0.3 is 10.5 Å². The van der Waals surface area contributed by atoms with Crippen LogP contribution in [0.15, 0.2) is 28.9 Å². The smallest absolute Gasteiger partial charge is 0.125 e. The molecule has 0 bridgehead atoms. The summed E-state index contributed by atoms with van der Waals surface area (Å²) >= 11 is 9.50. The predicted octanol–water partition coefficient (Wildman–Crippen LogP) is 3.94. The summed E-state index contributed by atoms with van der Waals surface area (Å²) in [5.74, 6) is 0.674. The molecule has 2 aromatic rings. The average molecular weight is 359 g/mol. The lowest BCUT2D eigenvalue weighted by Gasteiger charge is -2.20. The molecule has 0 radical (unpaired) electrons. The fraction of sp³-hybridized carbons (Fsp3) is 0.357. The van der Waals surface area contributed by atoms with E-state index in [1.165, 1.54) is 0 Å². The van der Waals surface area contributed by atoms with E-state index in [2.05, 4.69) is 34.9 Å². The number of benzene rings is 1. The molecule has 0 saturated carbocycles. The van der Waals surface area contributed by atoms with Crippen LogP contribution in [0.5, 0.6) is 5.75 Å². The third-order valence-corrected chi connectivity index (χ3v) is 3.95. The molecule has 0 amide bonds. The number of ether oxygens (including phenoxy) is 1. The van der Waals surface area contributed by atoms with E-state index >= 15 is 0 Å². The number of aromatic nitrogens is 2. The molecule has 6 heteroatoms. The van der Waals surface area contributed by atoms with Crippen LogP contribution >= 0.6 is 27.5 Å². The molecule has 0 aliphatic heterocycles. The highest BCUT2D eigenvalue weighted by Gasteiger charge is 2.22. The average Bonchev–Trinajstić information content (AvgIpc) is 2.79. The van der Waals surface area contributed by atoms with Crippen molar-refractivity contribution >= 4 is 27.5 Å². The SMILES string of the molecule is COc1cc(Cl)ccc1C(N)c1c(Br)cnn1C(C)C. The van der Waals surface area contributed by atoms with E-state index in [4.69, 9.17) is 22.1 Å². The summed E-state index contributed by atoms with van der Waals surface area (Å²) in [7, 11) is 1.61. The number of nitrogens with two attached hydrogens (primary N) is 1. The Morgan fingerprint density at radius 3 is 2.70 bits per heavy atom. The summed E-state index contributed by atoms with van der Waals surface area (Å²) in [4.78, 5) is 0. The van der Waals surface area contributed by atoms with Crippen molar-refractivity contribution in [1.29, 1.82) is 0 Å². The number of methoxy groups -OCH3 is 1. The maximum Gasteiger partial charge on any atom is 0.125 e. The second kappa shape index (κ2) is 6.16. The van der Waals surface area contributed by atoms with Gasteiger partial charge in [-0.25, -0.2) is 0 Å². The highest BCUT2D eigenvalue weighted by atomic mass is 79.9. The maximum absolute atomic E-state index is 6.41. The van der Waals surface area contributed by atoms with Crippen molar-refractivity contribution < 1.29 is 4.74 Å². The van der Waals surface area contributed by atoms with Crippen LogP contribution < -0.4 is 10.5 Å². The van der Waals surface area contributed by atoms with Crippen LogP contribution in [-0.2, 0) is 0 Å². The van der Waals surface area contributed by atoms with Crippen molar-refractivity contribution in [3.05, 3.63) is 45.1 Å². The molecule has 0 aliphatic rings. The number of halogens is 2. The van der Waals surface area contributed by atoms with Crippen LogP contribution in [0.2, 0.25) is 5.02 Å². The number of hydrogen-bond acceptors (Lipinski definition) is 3. The predicted molar refractivity (Wildman–Crippen MR) is 84.3 cm³/mol. The Hall–Kier alpha value is -1.04. The lowest BCUT2D eigenvalue weighted by atomic mass is 10.0. The summed E-state index contributed by atoms with van der Waals surface area (Å²) < 4.78 is 8.17. The van der Waals surface area contributed by atoms with E-state index in [1.807, 2.05) is 16.8 Å². The van der Waals surface area contributed by atoms with Gasteiger partial charge >= 0.3 is 0 Å². The Morgan fingerprint density at radius 2 is 2.10 bits per heavy atom. The second-order valence-electron chi connectivity index (χ2n) is 4.78. The molecular weight excluding hydrogens is 342 g/mol. The van der Waals surface area contributed by atoms with E-state index in [0.717, 1.165) is 15.7 Å². The molecule has 108 valence electrons. The van der Waals surface area contributed by atoms with Gasteiger partial charge in [-0.15, -0.1) is 0 Å². The zero-order valence-electron chi connectivity index (χ0n) is 11.6. The molecule has 1 atom stereocenters. The minimum Gasteiger partial charge on any atom is -0.496 e. The molecular formula is C14H17BrClN3O. The Morgan fingerprint density at radius 1 is 1.40 bits per heavy atom. The van der Waals surface area contributed by atoms with Gasteiger partial charge in [0.1, 0.15) is 5.75 Å². The maximum atomic E-state index is 6.41. The third kappa shape index (κ3) is 2.85. The molecule has 0 fully saturated rings. The van der Waals surface area contributed by atoms with E-state index in [9.17, 15) is 0 Å². The van der Waals surface area contributed by atoms with Crippen molar-refractivity contribution in [2.45, 2.75) is 25.9 Å². The Balaban J connectivity index is 2.51. The standard InChI is InChI=1S/C14H17BrClN3O/c1-8(2)19-14(11(15)7-18-19)13(17)10-5-4-9(16)6-12(10)20-3/h4-8,13H,17H2,1-3H3. The van der Waals surface area contributed by atoms with Crippen LogP contribution in [-0.4, -0.2) is 16.9 Å². The highest BCUT2D eigenvalue weighted by Crippen LogP contribution is 2.34. The van der Waals surface area contributed by atoms with Crippen molar-refractivity contribution in [2.75, 3.05) is 7.11 Å². The summed E-state index contributed by atoms with van der Waals surface area (Å²) in [6, 6.07) is 5.34. The lowest BCUT2D eigenvalue weighted by molar-refractivity contribution is 0.405. The van der Waals surface area contributed by atoms with Crippen molar-refractivity contribution in [1.82, 2.24) is 9.78 Å². The van der Waals surface area contributed by atoms with Gasteiger partial charge in [0, 0.05) is 16.6 Å². The molecule has 1 heterocycles. The first-order chi connectivity index (χ1) is 9.45. The molecule has 1 aromatic heterocycles. The van der Waals surface area contributed by atoms with Crippen LogP contribution in [0.4, 0.5) is 0 Å². The summed E-state index contributed by atoms with van der Waals surface area (Å²) in [6.45, 7) is 4.13. The number of hydrogen-bond donors (Lipinski definition) is 1. The lowest BCUT2D eigenvalue weighted by Crippen LogP contribution is -2.19. The van der Waals surface area contributed by atoms with Crippen molar-refractivity contribution in [2.24, 2.45) is 5.73 Å². The normalized spacial score (nSPS) is 12.8. The van der Waals surface area contributed by atoms with Crippen LogP contribution in [0.25, 0.3) is 0 Å². The van der Waals surface area contributed by atoms with Gasteiger partial charge in [-0.05, 0) is 41.9 Å². The second-order valence-corrected chi connectivity index (χ2v) is 6.07. The summed E-state index contributed by atoms with van der Waals surface area (Å²) in [5, 5.41) is 4.98. The van der Waals surface area contributed by atoms with Gasteiger partial charge in [0.05, 0.1) is 29.5 Å². The van der Waals surface area contributed by atoms with Crippen molar-refractivity contribution in [3.8, 4) is 5.75 Å². The largest absolute Gasteiger partial charge is 0.496 e. The number of rotatable bonds is 4. The molecule has 4 nitrogen and oxygen atoms in total. The minimum atomic E-state index is -0.346. The summed E-state index contributed by atoms with van der Waals surface area (Å²) in [5.41, 5.74) is 8.20. The third-order valence-electron chi connectivity index (χ3n) is 3.10. The zero-order chi connectivity index (χ0) is 14.9. The van der Waals surface area contributed by atoms with E-state index in [-0.39, 0.29) is 12.1 Å². The molecule has 1 unspecified atom stereocenters. The number of nitrogens with zero attached hydrogens (tertiary/aromatic N) is 2. The van der Waals surface area contributed by atoms with E-state index < -0.39 is 0 Å². The van der Waals surface area contributed by atoms with E-state index in [1.54, 1.807) is 19.4 Å². The summed E-state index contributed by atoms with van der Waals surface area (Å²) in [6.07, 6.45) is 1.76. The first-order valence-electron chi connectivity index (χ1n) is 6.27. The topological polar surface area (TPSA) is 53.1 Å². The van der Waals surface area contributed by atoms with Crippen LogP contribution in [0.1, 0.15) is 37.2 Å². The van der Waals surface area contributed by atoms with E-state index in [0.29, 0.717) is 10.8 Å². The molecule has 2 rings (SSSR count). The van der Waals surface area contributed by atoms with Gasteiger partial charge in [0.15, 0.2) is 0 Å². The molecule has 2 N–H and O–H groups in total. The van der Waals surface area contributed by atoms with Gasteiger partial charge in [0.25, 0.3) is 0 Å². The highest BCUT2D eigenvalue weighted by molar-refractivity contribution is 9.10. The van der Waals surface area contributed by atoms with Gasteiger partial charge in [-0.1, -0.05) is 17.7 Å². The van der Waals surface area contributed by atoms with Gasteiger partial charge in [-0.2, -0.15) is 5.10 Å². The molecule has 20 heavy (non-hydrogen) atoms. The van der Waals surface area contributed by atoms with Crippen LogP contribution in [0.3, 0.4) is 0 Å². The van der Waals surface area contributed by atoms with Crippen LogP contribution in [0, 0.1) is 0 Å². The molecule has 0 saturated heterocycles. The molecule has 0 aliphatic carbocycles. The first-order valence-corrected chi connectivity index (χ1v) is 7.44. The fourth-order valence-corrected chi connectivity index (χ4v) is 2.82. The Kier molecular flexibility index (Phi) is 4.73.